The molecule has 0 spiro atoms. The summed E-state index contributed by atoms with van der Waals surface area (Å²) in [5, 5.41) is 9.95. The van der Waals surface area contributed by atoms with Gasteiger partial charge in [0.25, 0.3) is 0 Å². The van der Waals surface area contributed by atoms with Crippen molar-refractivity contribution in [1.82, 2.24) is 4.90 Å². The average Bonchev–Trinajstić information content (AvgIpc) is 2.34. The number of rotatable bonds is 3. The van der Waals surface area contributed by atoms with E-state index in [0.29, 0.717) is 0 Å². The number of nitrogens with zero attached hydrogens (tertiary/aromatic N) is 1. The summed E-state index contributed by atoms with van der Waals surface area (Å²) in [6, 6.07) is 8.21. The van der Waals surface area contributed by atoms with Gasteiger partial charge in [-0.15, -0.1) is 0 Å². The van der Waals surface area contributed by atoms with Crippen molar-refractivity contribution in [3.8, 4) is 5.75 Å². The van der Waals surface area contributed by atoms with Crippen LogP contribution in [0.5, 0.6) is 5.75 Å². The van der Waals surface area contributed by atoms with Gasteiger partial charge in [-0.05, 0) is 24.1 Å². The molecule has 0 amide bonds. The molecular weight excluding hydrogens is 226 g/mol. The Bertz CT molecular complexity index is 386. The van der Waals surface area contributed by atoms with Crippen LogP contribution in [0.15, 0.2) is 24.3 Å². The summed E-state index contributed by atoms with van der Waals surface area (Å²) in [5.41, 5.74) is 1.29. The highest BCUT2D eigenvalue weighted by molar-refractivity contribution is 5.27. The second-order valence-corrected chi connectivity index (χ2v) is 5.85. The fourth-order valence-corrected chi connectivity index (χ4v) is 2.58. The number of piperidine rings is 1. The number of hydrogen-bond donors (Lipinski definition) is 1. The van der Waals surface area contributed by atoms with Gasteiger partial charge in [-0.2, -0.15) is 0 Å². The molecule has 1 aromatic carbocycles. The van der Waals surface area contributed by atoms with E-state index in [4.69, 9.17) is 4.74 Å². The molecule has 0 saturated carbocycles. The van der Waals surface area contributed by atoms with Crippen molar-refractivity contribution in [1.29, 1.82) is 0 Å². The number of hydrogen-bond acceptors (Lipinski definition) is 3. The van der Waals surface area contributed by atoms with Crippen molar-refractivity contribution in [2.24, 2.45) is 5.41 Å². The van der Waals surface area contributed by atoms with Crippen LogP contribution >= 0.6 is 0 Å². The molecule has 1 aromatic rings. The van der Waals surface area contributed by atoms with E-state index in [1.165, 1.54) is 5.56 Å². The molecule has 1 aliphatic heterocycles. The minimum atomic E-state index is -0.176. The fraction of sp³-hybridized carbons (Fsp3) is 0.600. The van der Waals surface area contributed by atoms with Crippen LogP contribution in [-0.4, -0.2) is 36.3 Å². The summed E-state index contributed by atoms with van der Waals surface area (Å²) in [4.78, 5) is 2.41. The first-order valence-corrected chi connectivity index (χ1v) is 6.54. The highest BCUT2D eigenvalue weighted by atomic mass is 16.5. The lowest BCUT2D eigenvalue weighted by Gasteiger charge is -2.41. The van der Waals surface area contributed by atoms with Crippen molar-refractivity contribution < 1.29 is 9.84 Å². The van der Waals surface area contributed by atoms with Gasteiger partial charge in [-0.25, -0.2) is 0 Å². The average molecular weight is 249 g/mol. The monoisotopic (exact) mass is 249 g/mol. The molecule has 100 valence electrons. The maximum atomic E-state index is 9.95. The largest absolute Gasteiger partial charge is 0.497 e. The Kier molecular flexibility index (Phi) is 3.93. The van der Waals surface area contributed by atoms with Crippen LogP contribution in [0.4, 0.5) is 0 Å². The summed E-state index contributed by atoms with van der Waals surface area (Å²) in [5.74, 6) is 0.896. The zero-order valence-corrected chi connectivity index (χ0v) is 11.5. The summed E-state index contributed by atoms with van der Waals surface area (Å²) in [6.45, 7) is 7.13. The van der Waals surface area contributed by atoms with E-state index in [0.717, 1.165) is 31.8 Å². The first kappa shape index (κ1) is 13.4. The Balaban J connectivity index is 1.97. The molecule has 3 heteroatoms. The minimum absolute atomic E-state index is 0.00921. The number of aliphatic hydroxyl groups is 1. The summed E-state index contributed by atoms with van der Waals surface area (Å²) >= 11 is 0. The van der Waals surface area contributed by atoms with Crippen LogP contribution < -0.4 is 4.74 Å². The predicted octanol–water partition coefficient (Wildman–Crippen LogP) is 2.29. The van der Waals surface area contributed by atoms with Gasteiger partial charge in [0.05, 0.1) is 13.2 Å². The first-order valence-electron chi connectivity index (χ1n) is 6.54. The third kappa shape index (κ3) is 3.03. The second kappa shape index (κ2) is 5.29. The number of methoxy groups -OCH3 is 1. The maximum absolute atomic E-state index is 9.95. The smallest absolute Gasteiger partial charge is 0.118 e. The third-order valence-corrected chi connectivity index (χ3v) is 3.82. The predicted molar refractivity (Wildman–Crippen MR) is 72.7 cm³/mol. The summed E-state index contributed by atoms with van der Waals surface area (Å²) < 4.78 is 5.16. The Morgan fingerprint density at radius 3 is 2.56 bits per heavy atom. The molecule has 1 heterocycles. The molecule has 0 aromatic heterocycles. The van der Waals surface area contributed by atoms with Gasteiger partial charge in [0, 0.05) is 25.0 Å². The molecule has 1 atom stereocenters. The van der Waals surface area contributed by atoms with E-state index < -0.39 is 0 Å². The molecule has 18 heavy (non-hydrogen) atoms. The van der Waals surface area contributed by atoms with Crippen LogP contribution in [-0.2, 0) is 6.54 Å². The van der Waals surface area contributed by atoms with Crippen molar-refractivity contribution in [2.45, 2.75) is 32.9 Å². The molecule has 0 aliphatic carbocycles. The molecule has 3 nitrogen and oxygen atoms in total. The van der Waals surface area contributed by atoms with Crippen LogP contribution in [0.1, 0.15) is 25.8 Å². The maximum Gasteiger partial charge on any atom is 0.118 e. The van der Waals surface area contributed by atoms with E-state index in [1.807, 2.05) is 12.1 Å². The number of ether oxygens (including phenoxy) is 1. The van der Waals surface area contributed by atoms with E-state index in [2.05, 4.69) is 30.9 Å². The zero-order valence-electron chi connectivity index (χ0n) is 11.5. The lowest BCUT2D eigenvalue weighted by Crippen LogP contribution is -2.48. The summed E-state index contributed by atoms with van der Waals surface area (Å²) in [6.07, 6.45) is 0.688. The van der Waals surface area contributed by atoms with Gasteiger partial charge in [-0.1, -0.05) is 26.0 Å². The molecule has 0 radical (unpaired) electrons. The van der Waals surface area contributed by atoms with Crippen LogP contribution in [0.3, 0.4) is 0 Å². The fourth-order valence-electron chi connectivity index (χ4n) is 2.58. The Morgan fingerprint density at radius 2 is 2.00 bits per heavy atom. The Morgan fingerprint density at radius 1 is 1.33 bits per heavy atom. The van der Waals surface area contributed by atoms with E-state index in [-0.39, 0.29) is 11.5 Å². The number of aliphatic hydroxyl groups excluding tert-OH is 1. The number of likely N-dealkylation sites (tertiary alicyclic amines) is 1. The molecule has 1 N–H and O–H groups in total. The van der Waals surface area contributed by atoms with Crippen LogP contribution in [0.2, 0.25) is 0 Å². The van der Waals surface area contributed by atoms with Crippen molar-refractivity contribution in [3.63, 3.8) is 0 Å². The van der Waals surface area contributed by atoms with Crippen molar-refractivity contribution in [3.05, 3.63) is 29.8 Å². The molecule has 0 bridgehead atoms. The van der Waals surface area contributed by atoms with Gasteiger partial charge >= 0.3 is 0 Å². The van der Waals surface area contributed by atoms with E-state index in [9.17, 15) is 5.11 Å². The summed E-state index contributed by atoms with van der Waals surface area (Å²) in [7, 11) is 1.68. The topological polar surface area (TPSA) is 32.7 Å². The molecule has 1 fully saturated rings. The highest BCUT2D eigenvalue weighted by Crippen LogP contribution is 2.29. The molecule has 1 unspecified atom stereocenters. The first-order chi connectivity index (χ1) is 8.51. The Labute approximate surface area is 109 Å². The minimum Gasteiger partial charge on any atom is -0.497 e. The van der Waals surface area contributed by atoms with Crippen LogP contribution in [0.25, 0.3) is 0 Å². The van der Waals surface area contributed by atoms with E-state index >= 15 is 0 Å². The number of benzene rings is 1. The van der Waals surface area contributed by atoms with Crippen molar-refractivity contribution >= 4 is 0 Å². The van der Waals surface area contributed by atoms with Crippen LogP contribution in [0, 0.1) is 5.41 Å². The van der Waals surface area contributed by atoms with Gasteiger partial charge in [-0.3, -0.25) is 4.90 Å². The Hall–Kier alpha value is -1.06. The second-order valence-electron chi connectivity index (χ2n) is 5.85. The molecule has 1 aliphatic rings. The quantitative estimate of drug-likeness (QED) is 0.892. The zero-order chi connectivity index (χ0) is 13.2. The van der Waals surface area contributed by atoms with Gasteiger partial charge in [0.1, 0.15) is 5.75 Å². The normalized spacial score (nSPS) is 23.9. The lowest BCUT2D eigenvalue weighted by atomic mass is 9.81. The SMILES string of the molecule is COc1ccc(CN2CCC(O)C(C)(C)C2)cc1. The van der Waals surface area contributed by atoms with Gasteiger partial charge in [0.2, 0.25) is 0 Å². The van der Waals surface area contributed by atoms with Crippen molar-refractivity contribution in [2.75, 3.05) is 20.2 Å². The van der Waals surface area contributed by atoms with Gasteiger partial charge in [0.15, 0.2) is 0 Å². The lowest BCUT2D eigenvalue weighted by molar-refractivity contribution is -0.0270. The molecule has 2 rings (SSSR count). The van der Waals surface area contributed by atoms with Gasteiger partial charge < -0.3 is 9.84 Å². The standard InChI is InChI=1S/C15H23NO2/c1-15(2)11-16(9-8-14(15)17)10-12-4-6-13(18-3)7-5-12/h4-7,14,17H,8-11H2,1-3H3. The molecule has 1 saturated heterocycles. The highest BCUT2D eigenvalue weighted by Gasteiger charge is 2.34. The third-order valence-electron chi connectivity index (χ3n) is 3.82. The van der Waals surface area contributed by atoms with E-state index in [1.54, 1.807) is 7.11 Å². The molecular formula is C15H23NO2.